The highest BCUT2D eigenvalue weighted by Gasteiger charge is 2.36. The number of nitrogens with one attached hydrogen (secondary N) is 1. The molecule has 1 aromatic heterocycles. The number of hydrogen-bond acceptors (Lipinski definition) is 4. The van der Waals surface area contributed by atoms with Crippen molar-refractivity contribution in [3.63, 3.8) is 0 Å². The fourth-order valence-corrected chi connectivity index (χ4v) is 4.01. The van der Waals surface area contributed by atoms with Crippen LogP contribution in [0.4, 0.5) is 13.2 Å². The van der Waals surface area contributed by atoms with Gasteiger partial charge in [-0.25, -0.2) is 13.1 Å². The number of rotatable bonds is 5. The lowest BCUT2D eigenvalue weighted by Gasteiger charge is -2.18. The smallest absolute Gasteiger partial charge is 0.296 e. The first-order chi connectivity index (χ1) is 10.2. The number of pyridine rings is 1. The normalized spacial score (nSPS) is 20.5. The first-order valence-corrected chi connectivity index (χ1v) is 8.50. The third-order valence-corrected chi connectivity index (χ3v) is 5.54. The van der Waals surface area contributed by atoms with Gasteiger partial charge in [-0.05, 0) is 25.1 Å². The Morgan fingerprint density at radius 2 is 2.18 bits per heavy atom. The molecule has 1 fully saturated rings. The lowest BCUT2D eigenvalue weighted by Crippen LogP contribution is -2.36. The van der Waals surface area contributed by atoms with Crippen molar-refractivity contribution in [1.29, 1.82) is 0 Å². The van der Waals surface area contributed by atoms with E-state index in [2.05, 4.69) is 9.71 Å². The van der Waals surface area contributed by atoms with Crippen molar-refractivity contribution >= 4 is 10.0 Å². The lowest BCUT2D eigenvalue weighted by molar-refractivity contribution is -0.138. The van der Waals surface area contributed by atoms with Crippen molar-refractivity contribution in [1.82, 2.24) is 14.6 Å². The van der Waals surface area contributed by atoms with Gasteiger partial charge < -0.3 is 0 Å². The molecule has 2 rings (SSSR count). The molecule has 0 radical (unpaired) electrons. The van der Waals surface area contributed by atoms with E-state index in [1.54, 1.807) is 11.8 Å². The number of aromatic nitrogens is 1. The SMILES string of the molecule is CCNS(=O)(=O)[C@H]1CCN(Cc2ncccc2C(F)(F)F)C1. The molecule has 2 heterocycles. The van der Waals surface area contributed by atoms with Gasteiger partial charge in [0.1, 0.15) is 0 Å². The molecule has 1 N–H and O–H groups in total. The standard InChI is InChI=1S/C13H18F3N3O2S/c1-2-18-22(20,21)10-5-7-19(8-10)9-12-11(13(14,15)16)4-3-6-17-12/h3-4,6,10,18H,2,5,7-9H2,1H3/t10-/m0/s1. The molecule has 1 aliphatic rings. The number of nitrogens with zero attached hydrogens (tertiary/aromatic N) is 2. The predicted molar refractivity (Wildman–Crippen MR) is 75.5 cm³/mol. The summed E-state index contributed by atoms with van der Waals surface area (Å²) in [5.74, 6) is 0. The van der Waals surface area contributed by atoms with E-state index in [4.69, 9.17) is 0 Å². The van der Waals surface area contributed by atoms with Gasteiger partial charge >= 0.3 is 6.18 Å². The molecular weight excluding hydrogens is 319 g/mol. The number of halogens is 3. The molecule has 0 aliphatic carbocycles. The van der Waals surface area contributed by atoms with Crippen LogP contribution in [0.3, 0.4) is 0 Å². The van der Waals surface area contributed by atoms with E-state index in [0.29, 0.717) is 19.5 Å². The zero-order valence-electron chi connectivity index (χ0n) is 12.1. The van der Waals surface area contributed by atoms with Crippen LogP contribution in [0.5, 0.6) is 0 Å². The molecule has 1 aromatic rings. The maximum Gasteiger partial charge on any atom is 0.418 e. The Morgan fingerprint density at radius 1 is 1.45 bits per heavy atom. The highest BCUT2D eigenvalue weighted by Crippen LogP contribution is 2.32. The molecule has 22 heavy (non-hydrogen) atoms. The molecule has 0 saturated carbocycles. The molecule has 1 aliphatic heterocycles. The average Bonchev–Trinajstić information content (AvgIpc) is 2.87. The maximum atomic E-state index is 12.9. The topological polar surface area (TPSA) is 62.3 Å². The molecule has 0 bridgehead atoms. The largest absolute Gasteiger partial charge is 0.418 e. The summed E-state index contributed by atoms with van der Waals surface area (Å²) in [6.45, 7) is 2.63. The van der Waals surface area contributed by atoms with Crippen molar-refractivity contribution in [2.45, 2.75) is 31.3 Å². The molecule has 1 saturated heterocycles. The molecule has 1 atom stereocenters. The number of likely N-dealkylation sites (tertiary alicyclic amines) is 1. The zero-order valence-corrected chi connectivity index (χ0v) is 12.9. The highest BCUT2D eigenvalue weighted by atomic mass is 32.2. The second kappa shape index (κ2) is 6.51. The van der Waals surface area contributed by atoms with Gasteiger partial charge in [-0.15, -0.1) is 0 Å². The maximum absolute atomic E-state index is 12.9. The monoisotopic (exact) mass is 337 g/mol. The van der Waals surface area contributed by atoms with E-state index >= 15 is 0 Å². The van der Waals surface area contributed by atoms with Crippen LogP contribution < -0.4 is 4.72 Å². The third kappa shape index (κ3) is 3.96. The summed E-state index contributed by atoms with van der Waals surface area (Å²) >= 11 is 0. The average molecular weight is 337 g/mol. The van der Waals surface area contributed by atoms with Crippen molar-refractivity contribution in [3.05, 3.63) is 29.6 Å². The molecule has 124 valence electrons. The Kier molecular flexibility index (Phi) is 5.08. The minimum absolute atomic E-state index is 0.00612. The van der Waals surface area contributed by atoms with Crippen LogP contribution in [0.1, 0.15) is 24.6 Å². The van der Waals surface area contributed by atoms with Gasteiger partial charge in [-0.1, -0.05) is 6.92 Å². The highest BCUT2D eigenvalue weighted by molar-refractivity contribution is 7.90. The van der Waals surface area contributed by atoms with E-state index in [1.165, 1.54) is 12.3 Å². The van der Waals surface area contributed by atoms with Crippen molar-refractivity contribution in [3.8, 4) is 0 Å². The van der Waals surface area contributed by atoms with Gasteiger partial charge in [0.25, 0.3) is 0 Å². The van der Waals surface area contributed by atoms with Gasteiger partial charge in [-0.3, -0.25) is 9.88 Å². The van der Waals surface area contributed by atoms with Crippen LogP contribution in [0, 0.1) is 0 Å². The lowest BCUT2D eigenvalue weighted by atomic mass is 10.2. The molecule has 0 spiro atoms. The van der Waals surface area contributed by atoms with Gasteiger partial charge in [0, 0.05) is 25.8 Å². The van der Waals surface area contributed by atoms with Gasteiger partial charge in [0.2, 0.25) is 10.0 Å². The summed E-state index contributed by atoms with van der Waals surface area (Å²) < 4.78 is 65.1. The second-order valence-electron chi connectivity index (χ2n) is 5.18. The summed E-state index contributed by atoms with van der Waals surface area (Å²) in [5.41, 5.74) is -0.843. The summed E-state index contributed by atoms with van der Waals surface area (Å²) in [6, 6.07) is 2.24. The van der Waals surface area contributed by atoms with E-state index < -0.39 is 27.0 Å². The molecule has 0 unspecified atom stereocenters. The van der Waals surface area contributed by atoms with E-state index in [9.17, 15) is 21.6 Å². The number of sulfonamides is 1. The van der Waals surface area contributed by atoms with E-state index in [-0.39, 0.29) is 18.8 Å². The fraction of sp³-hybridized carbons (Fsp3) is 0.615. The summed E-state index contributed by atoms with van der Waals surface area (Å²) in [5, 5.41) is -0.592. The Hall–Kier alpha value is -1.19. The Balaban J connectivity index is 2.08. The van der Waals surface area contributed by atoms with E-state index in [1.807, 2.05) is 0 Å². The Bertz CT molecular complexity index is 619. The van der Waals surface area contributed by atoms with Crippen LogP contribution in [-0.4, -0.2) is 43.2 Å². The van der Waals surface area contributed by atoms with Gasteiger partial charge in [-0.2, -0.15) is 13.2 Å². The van der Waals surface area contributed by atoms with Crippen LogP contribution in [-0.2, 0) is 22.7 Å². The van der Waals surface area contributed by atoms with Gasteiger partial charge in [0.15, 0.2) is 0 Å². The van der Waals surface area contributed by atoms with Crippen molar-refractivity contribution < 1.29 is 21.6 Å². The first kappa shape index (κ1) is 17.2. The minimum Gasteiger partial charge on any atom is -0.296 e. The van der Waals surface area contributed by atoms with Crippen molar-refractivity contribution in [2.75, 3.05) is 19.6 Å². The molecule has 5 nitrogen and oxygen atoms in total. The third-order valence-electron chi connectivity index (χ3n) is 3.58. The van der Waals surface area contributed by atoms with Crippen LogP contribution in [0.15, 0.2) is 18.3 Å². The number of hydrogen-bond donors (Lipinski definition) is 1. The Morgan fingerprint density at radius 3 is 2.82 bits per heavy atom. The first-order valence-electron chi connectivity index (χ1n) is 6.96. The number of alkyl halides is 3. The fourth-order valence-electron chi connectivity index (χ4n) is 2.55. The molecule has 0 amide bonds. The van der Waals surface area contributed by atoms with E-state index in [0.717, 1.165) is 6.07 Å². The molecule has 0 aromatic carbocycles. The molecule has 9 heteroatoms. The van der Waals surface area contributed by atoms with Gasteiger partial charge in [0.05, 0.1) is 16.5 Å². The summed E-state index contributed by atoms with van der Waals surface area (Å²) in [7, 11) is -3.41. The zero-order chi connectivity index (χ0) is 16.4. The van der Waals surface area contributed by atoms with Crippen molar-refractivity contribution in [2.24, 2.45) is 0 Å². The summed E-state index contributed by atoms with van der Waals surface area (Å²) in [4.78, 5) is 5.50. The van der Waals surface area contributed by atoms with Crippen LogP contribution >= 0.6 is 0 Å². The predicted octanol–water partition coefficient (Wildman–Crippen LogP) is 1.61. The second-order valence-corrected chi connectivity index (χ2v) is 7.23. The Labute approximate surface area is 127 Å². The summed E-state index contributed by atoms with van der Waals surface area (Å²) in [6.07, 6.45) is -2.74. The van der Waals surface area contributed by atoms with Crippen LogP contribution in [0.25, 0.3) is 0 Å². The quantitative estimate of drug-likeness (QED) is 0.887. The molecular formula is C13H18F3N3O2S. The minimum atomic E-state index is -4.46. The van der Waals surface area contributed by atoms with Crippen LogP contribution in [0.2, 0.25) is 0 Å².